The van der Waals surface area contributed by atoms with Crippen molar-refractivity contribution in [2.45, 2.75) is 20.8 Å². The van der Waals surface area contributed by atoms with Gasteiger partial charge >= 0.3 is 0 Å². The van der Waals surface area contributed by atoms with Gasteiger partial charge in [-0.3, -0.25) is 4.79 Å². The molecule has 0 atom stereocenters. The van der Waals surface area contributed by atoms with E-state index < -0.39 is 0 Å². The molecule has 17 heavy (non-hydrogen) atoms. The number of rotatable bonds is 2. The zero-order valence-corrected chi connectivity index (χ0v) is 10.3. The van der Waals surface area contributed by atoms with E-state index in [0.717, 1.165) is 17.0 Å². The first-order valence-electron chi connectivity index (χ1n) is 5.75. The van der Waals surface area contributed by atoms with Crippen LogP contribution in [0.4, 0.5) is 0 Å². The SMILES string of the molecule is Cc1ccccc1/C=C1\N=C(C(C)C)NC1=O. The minimum Gasteiger partial charge on any atom is -0.308 e. The van der Waals surface area contributed by atoms with Crippen LogP contribution in [0.1, 0.15) is 25.0 Å². The van der Waals surface area contributed by atoms with Crippen LogP contribution >= 0.6 is 0 Å². The first-order chi connectivity index (χ1) is 8.08. The van der Waals surface area contributed by atoms with Crippen LogP contribution in [0, 0.1) is 12.8 Å². The maximum Gasteiger partial charge on any atom is 0.275 e. The summed E-state index contributed by atoms with van der Waals surface area (Å²) in [7, 11) is 0. The summed E-state index contributed by atoms with van der Waals surface area (Å²) in [5.41, 5.74) is 2.66. The van der Waals surface area contributed by atoms with Crippen LogP contribution in [0.15, 0.2) is 35.0 Å². The molecule has 88 valence electrons. The molecule has 0 aromatic heterocycles. The largest absolute Gasteiger partial charge is 0.308 e. The van der Waals surface area contributed by atoms with Gasteiger partial charge < -0.3 is 5.32 Å². The van der Waals surface area contributed by atoms with Crippen molar-refractivity contribution in [1.29, 1.82) is 0 Å². The molecule has 1 aromatic rings. The molecule has 0 spiro atoms. The predicted octanol–water partition coefficient (Wildman–Crippen LogP) is 2.52. The third-order valence-corrected chi connectivity index (χ3v) is 2.74. The molecular weight excluding hydrogens is 212 g/mol. The molecule has 1 aliphatic heterocycles. The lowest BCUT2D eigenvalue weighted by molar-refractivity contribution is -0.115. The smallest absolute Gasteiger partial charge is 0.275 e. The monoisotopic (exact) mass is 228 g/mol. The van der Waals surface area contributed by atoms with Crippen molar-refractivity contribution in [2.24, 2.45) is 10.9 Å². The Balaban J connectivity index is 2.35. The van der Waals surface area contributed by atoms with E-state index in [-0.39, 0.29) is 11.8 Å². The number of carbonyl (C=O) groups excluding carboxylic acids is 1. The van der Waals surface area contributed by atoms with E-state index in [2.05, 4.69) is 10.3 Å². The van der Waals surface area contributed by atoms with Crippen molar-refractivity contribution in [2.75, 3.05) is 0 Å². The lowest BCUT2D eigenvalue weighted by atomic mass is 10.1. The number of amides is 1. The molecule has 0 saturated carbocycles. The fourth-order valence-electron chi connectivity index (χ4n) is 1.66. The van der Waals surface area contributed by atoms with Gasteiger partial charge in [0.1, 0.15) is 11.5 Å². The Hall–Kier alpha value is -1.90. The highest BCUT2D eigenvalue weighted by molar-refractivity contribution is 6.14. The summed E-state index contributed by atoms with van der Waals surface area (Å²) in [5, 5.41) is 2.79. The van der Waals surface area contributed by atoms with E-state index in [1.165, 1.54) is 0 Å². The Kier molecular flexibility index (Phi) is 3.09. The van der Waals surface area contributed by atoms with Gasteiger partial charge in [0.05, 0.1) is 0 Å². The second kappa shape index (κ2) is 4.53. The zero-order chi connectivity index (χ0) is 12.4. The van der Waals surface area contributed by atoms with E-state index in [1.54, 1.807) is 0 Å². The average molecular weight is 228 g/mol. The van der Waals surface area contributed by atoms with Gasteiger partial charge in [-0.25, -0.2) is 4.99 Å². The van der Waals surface area contributed by atoms with E-state index in [1.807, 2.05) is 51.1 Å². The van der Waals surface area contributed by atoms with E-state index in [0.29, 0.717) is 5.70 Å². The lowest BCUT2D eigenvalue weighted by Crippen LogP contribution is -2.27. The summed E-state index contributed by atoms with van der Waals surface area (Å²) in [4.78, 5) is 16.0. The number of nitrogens with zero attached hydrogens (tertiary/aromatic N) is 1. The number of amidine groups is 1. The molecule has 1 aliphatic rings. The number of hydrogen-bond acceptors (Lipinski definition) is 2. The van der Waals surface area contributed by atoms with Crippen LogP contribution < -0.4 is 5.32 Å². The van der Waals surface area contributed by atoms with Crippen LogP contribution in [0.5, 0.6) is 0 Å². The van der Waals surface area contributed by atoms with Crippen LogP contribution in [-0.2, 0) is 4.79 Å². The minimum absolute atomic E-state index is 0.114. The molecule has 1 amide bonds. The summed E-state index contributed by atoms with van der Waals surface area (Å²) in [6, 6.07) is 7.94. The molecule has 0 aliphatic carbocycles. The first kappa shape index (κ1) is 11.6. The van der Waals surface area contributed by atoms with Gasteiger partial charge in [0.2, 0.25) is 0 Å². The average Bonchev–Trinajstić information content (AvgIpc) is 2.64. The second-order valence-electron chi connectivity index (χ2n) is 4.49. The van der Waals surface area contributed by atoms with Crippen LogP contribution in [0.25, 0.3) is 6.08 Å². The number of carbonyl (C=O) groups is 1. The fraction of sp³-hybridized carbons (Fsp3) is 0.286. The predicted molar refractivity (Wildman–Crippen MR) is 69.6 cm³/mol. The molecule has 1 heterocycles. The fourth-order valence-corrected chi connectivity index (χ4v) is 1.66. The maximum atomic E-state index is 11.7. The van der Waals surface area contributed by atoms with E-state index in [4.69, 9.17) is 0 Å². The van der Waals surface area contributed by atoms with Crippen molar-refractivity contribution in [3.8, 4) is 0 Å². The molecular formula is C14H16N2O. The lowest BCUT2D eigenvalue weighted by Gasteiger charge is -2.01. The molecule has 1 N–H and O–H groups in total. The highest BCUT2D eigenvalue weighted by Crippen LogP contribution is 2.16. The van der Waals surface area contributed by atoms with Crippen molar-refractivity contribution in [1.82, 2.24) is 5.32 Å². The number of aryl methyl sites for hydroxylation is 1. The maximum absolute atomic E-state index is 11.7. The number of benzene rings is 1. The highest BCUT2D eigenvalue weighted by Gasteiger charge is 2.21. The summed E-state index contributed by atoms with van der Waals surface area (Å²) < 4.78 is 0. The Labute approximate surface area is 101 Å². The Morgan fingerprint density at radius 3 is 2.59 bits per heavy atom. The quantitative estimate of drug-likeness (QED) is 0.776. The molecule has 0 radical (unpaired) electrons. The summed E-state index contributed by atoms with van der Waals surface area (Å²) in [6.07, 6.45) is 1.83. The Morgan fingerprint density at radius 2 is 2.00 bits per heavy atom. The normalized spacial score (nSPS) is 17.5. The first-order valence-corrected chi connectivity index (χ1v) is 5.75. The van der Waals surface area contributed by atoms with Crippen molar-refractivity contribution >= 4 is 17.8 Å². The molecule has 0 bridgehead atoms. The molecule has 1 aromatic carbocycles. The molecule has 3 heteroatoms. The minimum atomic E-state index is -0.114. The van der Waals surface area contributed by atoms with Gasteiger partial charge in [0.25, 0.3) is 5.91 Å². The van der Waals surface area contributed by atoms with Crippen LogP contribution in [-0.4, -0.2) is 11.7 Å². The summed E-state index contributed by atoms with van der Waals surface area (Å²) >= 11 is 0. The number of aliphatic imine (C=N–C) groups is 1. The third-order valence-electron chi connectivity index (χ3n) is 2.74. The molecule has 2 rings (SSSR count). The third kappa shape index (κ3) is 2.44. The molecule has 0 unspecified atom stereocenters. The van der Waals surface area contributed by atoms with E-state index >= 15 is 0 Å². The van der Waals surface area contributed by atoms with Gasteiger partial charge in [0, 0.05) is 5.92 Å². The Bertz CT molecular complexity index is 513. The van der Waals surface area contributed by atoms with Gasteiger partial charge in [-0.1, -0.05) is 38.1 Å². The zero-order valence-electron chi connectivity index (χ0n) is 10.3. The second-order valence-corrected chi connectivity index (χ2v) is 4.49. The summed E-state index contributed by atoms with van der Waals surface area (Å²) in [6.45, 7) is 6.04. The van der Waals surface area contributed by atoms with E-state index in [9.17, 15) is 4.79 Å². The molecule has 3 nitrogen and oxygen atoms in total. The van der Waals surface area contributed by atoms with Crippen molar-refractivity contribution in [3.05, 3.63) is 41.1 Å². The van der Waals surface area contributed by atoms with Gasteiger partial charge in [-0.2, -0.15) is 0 Å². The highest BCUT2D eigenvalue weighted by atomic mass is 16.2. The van der Waals surface area contributed by atoms with Gasteiger partial charge in [-0.05, 0) is 24.1 Å². The van der Waals surface area contributed by atoms with Gasteiger partial charge in [0.15, 0.2) is 0 Å². The van der Waals surface area contributed by atoms with Crippen LogP contribution in [0.2, 0.25) is 0 Å². The van der Waals surface area contributed by atoms with Crippen LogP contribution in [0.3, 0.4) is 0 Å². The van der Waals surface area contributed by atoms with Crippen molar-refractivity contribution in [3.63, 3.8) is 0 Å². The molecule has 0 saturated heterocycles. The topological polar surface area (TPSA) is 41.5 Å². The molecule has 0 fully saturated rings. The standard InChI is InChI=1S/C14H16N2O/c1-9(2)13-15-12(14(17)16-13)8-11-7-5-4-6-10(11)3/h4-9H,1-3H3,(H,15,16,17)/b12-8-. The Morgan fingerprint density at radius 1 is 1.29 bits per heavy atom. The van der Waals surface area contributed by atoms with Gasteiger partial charge in [-0.15, -0.1) is 0 Å². The summed E-state index contributed by atoms with van der Waals surface area (Å²) in [5.74, 6) is 0.869. The van der Waals surface area contributed by atoms with Crippen molar-refractivity contribution < 1.29 is 4.79 Å². The number of hydrogen-bond donors (Lipinski definition) is 1. The number of nitrogens with one attached hydrogen (secondary N) is 1.